The first-order valence-electron chi connectivity index (χ1n) is 7.00. The fraction of sp³-hybridized carbons (Fsp3) is 0.167. The Morgan fingerprint density at radius 1 is 1.00 bits per heavy atom. The lowest BCUT2D eigenvalue weighted by atomic mass is 10.1. The summed E-state index contributed by atoms with van der Waals surface area (Å²) in [5, 5.41) is 0. The summed E-state index contributed by atoms with van der Waals surface area (Å²) in [5.41, 5.74) is 3.88. The molecule has 0 saturated heterocycles. The van der Waals surface area contributed by atoms with E-state index in [0.717, 1.165) is 22.4 Å². The Bertz CT molecular complexity index is 689. The second kappa shape index (κ2) is 5.44. The second-order valence-electron chi connectivity index (χ2n) is 5.40. The normalized spacial score (nSPS) is 15.4. The predicted molar refractivity (Wildman–Crippen MR) is 85.7 cm³/mol. The molecule has 0 N–H and O–H groups in total. The summed E-state index contributed by atoms with van der Waals surface area (Å²) >= 11 is 0. The molecule has 2 aromatic carbocycles. The molecule has 3 rings (SSSR count). The highest BCUT2D eigenvalue weighted by atomic mass is 16.2. The minimum Gasteiger partial charge on any atom is -0.383 e. The van der Waals surface area contributed by atoms with Crippen molar-refractivity contribution < 1.29 is 4.79 Å². The standard InChI is InChI=1S/C18H18N2O/c1-19(2)13-16-15-10-6-7-11-17(15)20(18(16)21)12-14-8-4-3-5-9-14/h3-11,13H,12H2,1-2H3. The number of anilines is 1. The summed E-state index contributed by atoms with van der Waals surface area (Å²) < 4.78 is 0. The molecule has 2 aromatic rings. The maximum Gasteiger partial charge on any atom is 0.260 e. The zero-order valence-electron chi connectivity index (χ0n) is 12.3. The van der Waals surface area contributed by atoms with Gasteiger partial charge in [-0.2, -0.15) is 0 Å². The van der Waals surface area contributed by atoms with E-state index in [1.54, 1.807) is 0 Å². The Kier molecular flexibility index (Phi) is 3.48. The van der Waals surface area contributed by atoms with Crippen LogP contribution in [-0.4, -0.2) is 24.9 Å². The van der Waals surface area contributed by atoms with E-state index in [-0.39, 0.29) is 5.91 Å². The zero-order chi connectivity index (χ0) is 14.8. The van der Waals surface area contributed by atoms with Crippen LogP contribution >= 0.6 is 0 Å². The molecule has 0 atom stereocenters. The molecule has 1 heterocycles. The molecule has 0 saturated carbocycles. The molecular formula is C18H18N2O. The van der Waals surface area contributed by atoms with E-state index in [2.05, 4.69) is 0 Å². The largest absolute Gasteiger partial charge is 0.383 e. The number of para-hydroxylation sites is 1. The van der Waals surface area contributed by atoms with Crippen LogP contribution in [0.2, 0.25) is 0 Å². The van der Waals surface area contributed by atoms with Gasteiger partial charge in [0.2, 0.25) is 0 Å². The Hall–Kier alpha value is -2.55. The molecule has 1 amide bonds. The summed E-state index contributed by atoms with van der Waals surface area (Å²) in [6, 6.07) is 18.0. The second-order valence-corrected chi connectivity index (χ2v) is 5.40. The average Bonchev–Trinajstić information content (AvgIpc) is 2.74. The van der Waals surface area contributed by atoms with Crippen molar-refractivity contribution in [3.63, 3.8) is 0 Å². The van der Waals surface area contributed by atoms with E-state index in [1.165, 1.54) is 0 Å². The number of carbonyl (C=O) groups excluding carboxylic acids is 1. The first-order valence-corrected chi connectivity index (χ1v) is 7.00. The molecule has 0 bridgehead atoms. The van der Waals surface area contributed by atoms with Crippen LogP contribution < -0.4 is 4.90 Å². The fourth-order valence-corrected chi connectivity index (χ4v) is 2.61. The molecule has 21 heavy (non-hydrogen) atoms. The lowest BCUT2D eigenvalue weighted by Gasteiger charge is -2.17. The van der Waals surface area contributed by atoms with E-state index >= 15 is 0 Å². The summed E-state index contributed by atoms with van der Waals surface area (Å²) in [5.74, 6) is 0.0637. The highest BCUT2D eigenvalue weighted by Gasteiger charge is 2.32. The summed E-state index contributed by atoms with van der Waals surface area (Å²) in [6.45, 7) is 0.599. The minimum absolute atomic E-state index is 0.0637. The Balaban J connectivity index is 2.01. The van der Waals surface area contributed by atoms with Gasteiger partial charge in [0.25, 0.3) is 5.91 Å². The van der Waals surface area contributed by atoms with Gasteiger partial charge in [-0.05, 0) is 11.6 Å². The fourth-order valence-electron chi connectivity index (χ4n) is 2.61. The van der Waals surface area contributed by atoms with Gasteiger partial charge in [-0.15, -0.1) is 0 Å². The van der Waals surface area contributed by atoms with Gasteiger partial charge in [-0.25, -0.2) is 0 Å². The van der Waals surface area contributed by atoms with Gasteiger partial charge in [-0.1, -0.05) is 48.5 Å². The quantitative estimate of drug-likeness (QED) is 0.805. The molecular weight excluding hydrogens is 260 g/mol. The molecule has 1 aliphatic heterocycles. The SMILES string of the molecule is CN(C)C=C1C(=O)N(Cc2ccccc2)c2ccccc21. The topological polar surface area (TPSA) is 23.6 Å². The molecule has 3 nitrogen and oxygen atoms in total. The highest BCUT2D eigenvalue weighted by molar-refractivity contribution is 6.32. The number of carbonyl (C=O) groups is 1. The van der Waals surface area contributed by atoms with E-state index in [1.807, 2.05) is 84.7 Å². The van der Waals surface area contributed by atoms with Gasteiger partial charge in [-0.3, -0.25) is 4.79 Å². The van der Waals surface area contributed by atoms with Crippen LogP contribution in [0.4, 0.5) is 5.69 Å². The molecule has 0 radical (unpaired) electrons. The number of hydrogen-bond acceptors (Lipinski definition) is 2. The van der Waals surface area contributed by atoms with Crippen molar-refractivity contribution in [1.29, 1.82) is 0 Å². The number of rotatable bonds is 3. The molecule has 106 valence electrons. The van der Waals surface area contributed by atoms with Gasteiger partial charge >= 0.3 is 0 Å². The number of fused-ring (bicyclic) bond motifs is 1. The van der Waals surface area contributed by atoms with Crippen LogP contribution in [0.3, 0.4) is 0 Å². The van der Waals surface area contributed by atoms with Crippen LogP contribution in [0.15, 0.2) is 60.8 Å². The van der Waals surface area contributed by atoms with Crippen molar-refractivity contribution in [3.8, 4) is 0 Å². The van der Waals surface area contributed by atoms with Crippen LogP contribution in [-0.2, 0) is 11.3 Å². The Labute approximate surface area is 125 Å². The maximum absolute atomic E-state index is 12.7. The number of hydrogen-bond donors (Lipinski definition) is 0. The summed E-state index contributed by atoms with van der Waals surface area (Å²) in [4.78, 5) is 16.5. The molecule has 1 aliphatic rings. The molecule has 3 heteroatoms. The number of nitrogens with zero attached hydrogens (tertiary/aromatic N) is 2. The first kappa shape index (κ1) is 13.4. The summed E-state index contributed by atoms with van der Waals surface area (Å²) in [6.07, 6.45) is 1.90. The Morgan fingerprint density at radius 2 is 1.67 bits per heavy atom. The summed E-state index contributed by atoms with van der Waals surface area (Å²) in [7, 11) is 3.87. The van der Waals surface area contributed by atoms with Crippen molar-refractivity contribution in [2.75, 3.05) is 19.0 Å². The van der Waals surface area contributed by atoms with Gasteiger partial charge in [0, 0.05) is 25.9 Å². The third-order valence-corrected chi connectivity index (χ3v) is 3.53. The van der Waals surface area contributed by atoms with Crippen molar-refractivity contribution in [3.05, 3.63) is 71.9 Å². The third-order valence-electron chi connectivity index (χ3n) is 3.53. The maximum atomic E-state index is 12.7. The van der Waals surface area contributed by atoms with Gasteiger partial charge in [0.1, 0.15) is 0 Å². The van der Waals surface area contributed by atoms with E-state index < -0.39 is 0 Å². The zero-order valence-corrected chi connectivity index (χ0v) is 12.3. The molecule has 0 aliphatic carbocycles. The molecule has 0 aromatic heterocycles. The predicted octanol–water partition coefficient (Wildman–Crippen LogP) is 3.14. The Morgan fingerprint density at radius 3 is 2.38 bits per heavy atom. The smallest absolute Gasteiger partial charge is 0.260 e. The minimum atomic E-state index is 0.0637. The lowest BCUT2D eigenvalue weighted by Crippen LogP contribution is -2.26. The number of amides is 1. The first-order chi connectivity index (χ1) is 10.2. The highest BCUT2D eigenvalue weighted by Crippen LogP contribution is 2.37. The average molecular weight is 278 g/mol. The van der Waals surface area contributed by atoms with Crippen LogP contribution in [0, 0.1) is 0 Å². The van der Waals surface area contributed by atoms with Crippen LogP contribution in [0.1, 0.15) is 11.1 Å². The van der Waals surface area contributed by atoms with Gasteiger partial charge in [0.15, 0.2) is 0 Å². The van der Waals surface area contributed by atoms with Crippen molar-refractivity contribution >= 4 is 17.2 Å². The van der Waals surface area contributed by atoms with E-state index in [9.17, 15) is 4.79 Å². The van der Waals surface area contributed by atoms with Crippen LogP contribution in [0.5, 0.6) is 0 Å². The van der Waals surface area contributed by atoms with E-state index in [4.69, 9.17) is 0 Å². The van der Waals surface area contributed by atoms with Crippen molar-refractivity contribution in [1.82, 2.24) is 4.90 Å². The lowest BCUT2D eigenvalue weighted by molar-refractivity contribution is -0.113. The van der Waals surface area contributed by atoms with Crippen molar-refractivity contribution in [2.45, 2.75) is 6.54 Å². The third kappa shape index (κ3) is 2.55. The van der Waals surface area contributed by atoms with E-state index in [0.29, 0.717) is 6.54 Å². The molecule has 0 spiro atoms. The molecule has 0 unspecified atom stereocenters. The van der Waals surface area contributed by atoms with Gasteiger partial charge in [0.05, 0.1) is 17.8 Å². The van der Waals surface area contributed by atoms with Crippen LogP contribution in [0.25, 0.3) is 5.57 Å². The van der Waals surface area contributed by atoms with Gasteiger partial charge < -0.3 is 9.80 Å². The van der Waals surface area contributed by atoms with Crippen molar-refractivity contribution in [2.24, 2.45) is 0 Å². The number of benzene rings is 2. The molecule has 0 fully saturated rings. The monoisotopic (exact) mass is 278 g/mol.